The van der Waals surface area contributed by atoms with Gasteiger partial charge in [-0.25, -0.2) is 4.98 Å². The summed E-state index contributed by atoms with van der Waals surface area (Å²) in [6, 6.07) is 2.25. The molecule has 0 radical (unpaired) electrons. The van der Waals surface area contributed by atoms with Gasteiger partial charge in [0.2, 0.25) is 5.13 Å². The van der Waals surface area contributed by atoms with Crippen molar-refractivity contribution in [3.63, 3.8) is 0 Å². The Labute approximate surface area is 167 Å². The molecule has 0 saturated heterocycles. The highest BCUT2D eigenvalue weighted by Gasteiger charge is 2.34. The van der Waals surface area contributed by atoms with E-state index in [1.54, 1.807) is 0 Å². The van der Waals surface area contributed by atoms with Gasteiger partial charge in [0.15, 0.2) is 0 Å². The molecule has 3 aromatic heterocycles. The highest BCUT2D eigenvalue weighted by Crippen LogP contribution is 2.42. The minimum atomic E-state index is -4.64. The number of methoxy groups -OCH3 is 1. The maximum absolute atomic E-state index is 13.1. The summed E-state index contributed by atoms with van der Waals surface area (Å²) in [5.74, 6) is -0.0446. The molecular weight excluding hydrogens is 407 g/mol. The number of pyridine rings is 2. The van der Waals surface area contributed by atoms with Gasteiger partial charge in [0.25, 0.3) is 5.91 Å². The largest absolute Gasteiger partial charge is 0.494 e. The molecule has 4 rings (SSSR count). The molecule has 29 heavy (non-hydrogen) atoms. The first-order chi connectivity index (χ1) is 13.9. The van der Waals surface area contributed by atoms with E-state index in [1.165, 1.54) is 36.9 Å². The van der Waals surface area contributed by atoms with E-state index >= 15 is 0 Å². The molecule has 0 unspecified atom stereocenters. The van der Waals surface area contributed by atoms with Gasteiger partial charge < -0.3 is 4.74 Å². The van der Waals surface area contributed by atoms with Crippen molar-refractivity contribution >= 4 is 22.4 Å². The van der Waals surface area contributed by atoms with E-state index < -0.39 is 17.8 Å². The quantitative estimate of drug-likeness (QED) is 0.666. The van der Waals surface area contributed by atoms with Gasteiger partial charge in [0, 0.05) is 29.4 Å². The Morgan fingerprint density at radius 3 is 2.72 bits per heavy atom. The van der Waals surface area contributed by atoms with Crippen LogP contribution >= 0.6 is 11.3 Å². The maximum atomic E-state index is 13.1. The molecule has 1 saturated carbocycles. The van der Waals surface area contributed by atoms with E-state index in [-0.39, 0.29) is 22.4 Å². The Bertz CT molecular complexity index is 1070. The Balaban J connectivity index is 1.70. The van der Waals surface area contributed by atoms with E-state index in [4.69, 9.17) is 4.74 Å². The summed E-state index contributed by atoms with van der Waals surface area (Å²) in [4.78, 5) is 20.1. The number of aromatic nitrogens is 4. The van der Waals surface area contributed by atoms with Crippen molar-refractivity contribution in [2.45, 2.75) is 24.9 Å². The molecule has 1 fully saturated rings. The Morgan fingerprint density at radius 2 is 2.03 bits per heavy atom. The monoisotopic (exact) mass is 421 g/mol. The molecule has 3 heterocycles. The fourth-order valence-corrected chi connectivity index (χ4v) is 3.63. The topological polar surface area (TPSA) is 89.9 Å². The lowest BCUT2D eigenvalue weighted by Gasteiger charge is -2.14. The molecule has 0 atom stereocenters. The third-order valence-corrected chi connectivity index (χ3v) is 5.32. The highest BCUT2D eigenvalue weighted by molar-refractivity contribution is 7.15. The van der Waals surface area contributed by atoms with Gasteiger partial charge in [-0.2, -0.15) is 13.2 Å². The van der Waals surface area contributed by atoms with Crippen LogP contribution in [0.25, 0.3) is 11.1 Å². The molecule has 0 bridgehead atoms. The standard InChI is InChI=1S/C18H14F3N5O2S/c1-28-13-8-23-14(18(19,20)21)6-11(13)12-7-22-5-4-10(12)15(27)24-17-26-25-16(29-17)9-2-3-9/h4-9H,2-3H2,1H3,(H,24,26,27). The number of hydrogen-bond acceptors (Lipinski definition) is 7. The molecule has 11 heteroatoms. The molecule has 0 spiro atoms. The fraction of sp³-hybridized carbons (Fsp3) is 0.278. The van der Waals surface area contributed by atoms with Crippen molar-refractivity contribution in [1.29, 1.82) is 0 Å². The number of nitrogens with one attached hydrogen (secondary N) is 1. The minimum Gasteiger partial charge on any atom is -0.494 e. The number of anilines is 1. The predicted octanol–water partition coefficient (Wildman–Crippen LogP) is 4.15. The van der Waals surface area contributed by atoms with Crippen LogP contribution in [0, 0.1) is 0 Å². The molecule has 150 valence electrons. The average molecular weight is 421 g/mol. The minimum absolute atomic E-state index is 0.0593. The SMILES string of the molecule is COc1cnc(C(F)(F)F)cc1-c1cnccc1C(=O)Nc1nnc(C2CC2)s1. The summed E-state index contributed by atoms with van der Waals surface area (Å²) < 4.78 is 44.5. The molecule has 1 N–H and O–H groups in total. The zero-order valence-electron chi connectivity index (χ0n) is 15.0. The van der Waals surface area contributed by atoms with Crippen molar-refractivity contribution in [2.24, 2.45) is 0 Å². The lowest BCUT2D eigenvalue weighted by molar-refractivity contribution is -0.141. The lowest BCUT2D eigenvalue weighted by atomic mass is 10.0. The summed E-state index contributed by atoms with van der Waals surface area (Å²) in [5, 5.41) is 11.9. The third kappa shape index (κ3) is 4.04. The van der Waals surface area contributed by atoms with E-state index in [2.05, 4.69) is 25.5 Å². The summed E-state index contributed by atoms with van der Waals surface area (Å²) >= 11 is 1.29. The number of ether oxygens (including phenoxy) is 1. The van der Waals surface area contributed by atoms with E-state index in [0.29, 0.717) is 11.0 Å². The smallest absolute Gasteiger partial charge is 0.433 e. The van der Waals surface area contributed by atoms with Crippen LogP contribution in [-0.2, 0) is 6.18 Å². The van der Waals surface area contributed by atoms with Crippen molar-refractivity contribution in [3.05, 3.63) is 47.0 Å². The number of rotatable bonds is 5. The zero-order valence-corrected chi connectivity index (χ0v) is 15.8. The number of amides is 1. The summed E-state index contributed by atoms with van der Waals surface area (Å²) in [6.07, 6.45) is 1.13. The Morgan fingerprint density at radius 1 is 1.24 bits per heavy atom. The second-order valence-electron chi connectivity index (χ2n) is 6.36. The molecule has 1 aliphatic rings. The number of carbonyl (C=O) groups excluding carboxylic acids is 1. The normalized spacial score (nSPS) is 13.9. The van der Waals surface area contributed by atoms with Gasteiger partial charge >= 0.3 is 6.18 Å². The Kier molecular flexibility index (Phi) is 4.91. The third-order valence-electron chi connectivity index (χ3n) is 4.32. The number of hydrogen-bond donors (Lipinski definition) is 1. The van der Waals surface area contributed by atoms with Gasteiger partial charge in [-0.05, 0) is 25.0 Å². The van der Waals surface area contributed by atoms with Crippen molar-refractivity contribution in [1.82, 2.24) is 20.2 Å². The zero-order chi connectivity index (χ0) is 20.6. The number of nitrogens with zero attached hydrogens (tertiary/aromatic N) is 4. The molecule has 3 aromatic rings. The number of halogens is 3. The highest BCUT2D eigenvalue weighted by atomic mass is 32.1. The van der Waals surface area contributed by atoms with Crippen LogP contribution < -0.4 is 10.1 Å². The summed E-state index contributed by atoms with van der Waals surface area (Å²) in [7, 11) is 1.31. The van der Waals surface area contributed by atoms with Crippen molar-refractivity contribution < 1.29 is 22.7 Å². The number of carbonyl (C=O) groups is 1. The fourth-order valence-electron chi connectivity index (χ4n) is 2.72. The van der Waals surface area contributed by atoms with E-state index in [9.17, 15) is 18.0 Å². The molecular formula is C18H14F3N5O2S. The average Bonchev–Trinajstić information content (AvgIpc) is 3.46. The van der Waals surface area contributed by atoms with Crippen LogP contribution in [-0.4, -0.2) is 33.2 Å². The first kappa shape index (κ1) is 19.2. The molecule has 1 amide bonds. The van der Waals surface area contributed by atoms with Crippen molar-refractivity contribution in [2.75, 3.05) is 12.4 Å². The van der Waals surface area contributed by atoms with Gasteiger partial charge in [0.05, 0.1) is 18.9 Å². The first-order valence-electron chi connectivity index (χ1n) is 8.57. The van der Waals surface area contributed by atoms with Gasteiger partial charge in [-0.1, -0.05) is 11.3 Å². The van der Waals surface area contributed by atoms with E-state index in [0.717, 1.165) is 30.1 Å². The Hall–Kier alpha value is -3.08. The first-order valence-corrected chi connectivity index (χ1v) is 9.39. The van der Waals surface area contributed by atoms with Gasteiger partial charge in [0.1, 0.15) is 16.5 Å². The summed E-state index contributed by atoms with van der Waals surface area (Å²) in [6.45, 7) is 0. The molecule has 1 aliphatic carbocycles. The van der Waals surface area contributed by atoms with Crippen molar-refractivity contribution in [3.8, 4) is 16.9 Å². The molecule has 0 aliphatic heterocycles. The van der Waals surface area contributed by atoms with Crippen LogP contribution in [0.2, 0.25) is 0 Å². The van der Waals surface area contributed by atoms with Crippen LogP contribution in [0.4, 0.5) is 18.3 Å². The maximum Gasteiger partial charge on any atom is 0.433 e. The van der Waals surface area contributed by atoms with Crippen LogP contribution in [0.5, 0.6) is 5.75 Å². The number of alkyl halides is 3. The second-order valence-corrected chi connectivity index (χ2v) is 7.37. The predicted molar refractivity (Wildman–Crippen MR) is 98.9 cm³/mol. The van der Waals surface area contributed by atoms with Crippen LogP contribution in [0.15, 0.2) is 30.7 Å². The van der Waals surface area contributed by atoms with Crippen LogP contribution in [0.3, 0.4) is 0 Å². The van der Waals surface area contributed by atoms with Gasteiger partial charge in [-0.3, -0.25) is 15.1 Å². The summed E-state index contributed by atoms with van der Waals surface area (Å²) in [5.41, 5.74) is -0.729. The lowest BCUT2D eigenvalue weighted by Crippen LogP contribution is -2.14. The molecule has 7 nitrogen and oxygen atoms in total. The molecule has 0 aromatic carbocycles. The van der Waals surface area contributed by atoms with Crippen LogP contribution in [0.1, 0.15) is 39.8 Å². The van der Waals surface area contributed by atoms with E-state index in [1.807, 2.05) is 0 Å². The van der Waals surface area contributed by atoms with Gasteiger partial charge in [-0.15, -0.1) is 10.2 Å². The second kappa shape index (κ2) is 7.39.